The second-order valence-electron chi connectivity index (χ2n) is 10.8. The first-order valence-electron chi connectivity index (χ1n) is 13.7. The Hall–Kier alpha value is -3.82. The van der Waals surface area contributed by atoms with E-state index in [9.17, 15) is 4.79 Å². The summed E-state index contributed by atoms with van der Waals surface area (Å²) >= 11 is 0. The van der Waals surface area contributed by atoms with E-state index in [4.69, 9.17) is 20.3 Å². The van der Waals surface area contributed by atoms with Crippen LogP contribution in [0.4, 0.5) is 5.82 Å². The Balaban J connectivity index is 1.34. The van der Waals surface area contributed by atoms with Crippen molar-refractivity contribution in [2.45, 2.75) is 77.2 Å². The van der Waals surface area contributed by atoms with Crippen LogP contribution in [0.5, 0.6) is 0 Å². The number of hydrogen-bond donors (Lipinski definition) is 1. The van der Waals surface area contributed by atoms with E-state index in [1.165, 1.54) is 11.9 Å². The van der Waals surface area contributed by atoms with Crippen LogP contribution in [0.25, 0.3) is 33.7 Å². The summed E-state index contributed by atoms with van der Waals surface area (Å²) in [6, 6.07) is 4.31. The van der Waals surface area contributed by atoms with Gasteiger partial charge in [0.2, 0.25) is 5.91 Å². The lowest BCUT2D eigenvalue weighted by Crippen LogP contribution is -2.37. The Morgan fingerprint density at radius 2 is 1.87 bits per heavy atom. The number of anilines is 1. The van der Waals surface area contributed by atoms with Gasteiger partial charge in [-0.2, -0.15) is 5.10 Å². The van der Waals surface area contributed by atoms with Gasteiger partial charge in [-0.05, 0) is 63.5 Å². The lowest BCUT2D eigenvalue weighted by Gasteiger charge is -2.32. The second-order valence-corrected chi connectivity index (χ2v) is 10.8. The number of aromatic nitrogens is 6. The zero-order chi connectivity index (χ0) is 26.4. The summed E-state index contributed by atoms with van der Waals surface area (Å²) in [7, 11) is 0. The fourth-order valence-corrected chi connectivity index (χ4v) is 5.49. The summed E-state index contributed by atoms with van der Waals surface area (Å²) in [5.74, 6) is 2.22. The van der Waals surface area contributed by atoms with Crippen LogP contribution in [0.1, 0.15) is 88.5 Å². The number of fused-ring (bicyclic) bond motifs is 1. The lowest BCUT2D eigenvalue weighted by atomic mass is 9.90. The molecule has 0 unspecified atom stereocenters. The maximum Gasteiger partial charge on any atom is 0.222 e. The van der Waals surface area contributed by atoms with Gasteiger partial charge in [-0.1, -0.05) is 18.1 Å². The Morgan fingerprint density at radius 1 is 1.08 bits per heavy atom. The zero-order valence-electron chi connectivity index (χ0n) is 22.2. The first-order valence-corrected chi connectivity index (χ1v) is 13.7. The minimum absolute atomic E-state index is 0.0832. The van der Waals surface area contributed by atoms with Crippen LogP contribution in [0.15, 0.2) is 29.2 Å². The summed E-state index contributed by atoms with van der Waals surface area (Å²) in [5, 5.41) is 10.1. The van der Waals surface area contributed by atoms with E-state index in [1.54, 1.807) is 0 Å². The summed E-state index contributed by atoms with van der Waals surface area (Å²) in [6.07, 6.45) is 9.02. The minimum Gasteiger partial charge on any atom is -0.383 e. The molecule has 0 spiro atoms. The third-order valence-electron chi connectivity index (χ3n) is 7.72. The van der Waals surface area contributed by atoms with Crippen LogP contribution < -0.4 is 5.73 Å². The van der Waals surface area contributed by atoms with E-state index < -0.39 is 0 Å². The van der Waals surface area contributed by atoms with Gasteiger partial charge in [0.15, 0.2) is 5.65 Å². The molecule has 0 bridgehead atoms. The van der Waals surface area contributed by atoms with Gasteiger partial charge < -0.3 is 15.2 Å². The smallest absolute Gasteiger partial charge is 0.222 e. The molecule has 1 amide bonds. The van der Waals surface area contributed by atoms with Crippen molar-refractivity contribution in [1.29, 1.82) is 0 Å². The van der Waals surface area contributed by atoms with Crippen LogP contribution in [0.3, 0.4) is 0 Å². The Labute approximate surface area is 221 Å². The summed E-state index contributed by atoms with van der Waals surface area (Å²) in [5.41, 5.74) is 11.1. The maximum atomic E-state index is 12.3. The number of nitrogens with two attached hydrogens (primary N) is 1. The van der Waals surface area contributed by atoms with Gasteiger partial charge >= 0.3 is 0 Å². The van der Waals surface area contributed by atoms with E-state index in [0.717, 1.165) is 62.2 Å². The van der Waals surface area contributed by atoms with Gasteiger partial charge in [0, 0.05) is 37.7 Å². The molecule has 1 saturated carbocycles. The summed E-state index contributed by atoms with van der Waals surface area (Å²) < 4.78 is 7.78. The lowest BCUT2D eigenvalue weighted by molar-refractivity contribution is -0.132. The van der Waals surface area contributed by atoms with E-state index in [2.05, 4.69) is 48.0 Å². The average Bonchev–Trinajstić information content (AvgIpc) is 3.55. The number of likely N-dealkylation sites (tertiary alicyclic amines) is 1. The number of nitrogens with zero attached hydrogens (tertiary/aromatic N) is 7. The number of hydrogen-bond acceptors (Lipinski definition) is 8. The predicted molar refractivity (Wildman–Crippen MR) is 144 cm³/mol. The van der Waals surface area contributed by atoms with Crippen molar-refractivity contribution >= 4 is 22.8 Å². The highest BCUT2D eigenvalue weighted by atomic mass is 16.5. The van der Waals surface area contributed by atoms with Gasteiger partial charge in [0.1, 0.15) is 29.3 Å². The molecule has 198 valence electrons. The molecule has 0 atom stereocenters. The van der Waals surface area contributed by atoms with Gasteiger partial charge in [0.25, 0.3) is 0 Å². The first-order chi connectivity index (χ1) is 18.5. The van der Waals surface area contributed by atoms with Gasteiger partial charge in [-0.3, -0.25) is 9.78 Å². The van der Waals surface area contributed by atoms with Crippen molar-refractivity contribution in [3.63, 3.8) is 0 Å². The van der Waals surface area contributed by atoms with Crippen molar-refractivity contribution in [2.24, 2.45) is 0 Å². The summed E-state index contributed by atoms with van der Waals surface area (Å²) in [4.78, 5) is 27.9. The fraction of sp³-hybridized carbons (Fsp3) is 0.500. The molecule has 2 N–H and O–H groups in total. The molecule has 0 aromatic carbocycles. The zero-order valence-corrected chi connectivity index (χ0v) is 22.2. The fourth-order valence-electron chi connectivity index (χ4n) is 5.49. The molecule has 5 heterocycles. The van der Waals surface area contributed by atoms with E-state index in [-0.39, 0.29) is 11.9 Å². The van der Waals surface area contributed by atoms with Crippen molar-refractivity contribution in [2.75, 3.05) is 18.8 Å². The van der Waals surface area contributed by atoms with Crippen molar-refractivity contribution in [1.82, 2.24) is 34.8 Å². The number of carbonyl (C=O) groups is 1. The Kier molecular flexibility index (Phi) is 6.33. The molecule has 10 heteroatoms. The van der Waals surface area contributed by atoms with Crippen LogP contribution >= 0.6 is 0 Å². The van der Waals surface area contributed by atoms with Crippen LogP contribution in [-0.4, -0.2) is 53.8 Å². The first kappa shape index (κ1) is 24.5. The van der Waals surface area contributed by atoms with E-state index >= 15 is 0 Å². The third kappa shape index (κ3) is 4.31. The molecular weight excluding hydrogens is 480 g/mol. The van der Waals surface area contributed by atoms with Crippen molar-refractivity contribution in [3.8, 4) is 22.6 Å². The molecule has 4 aromatic heterocycles. The Bertz CT molecular complexity index is 1460. The molecule has 0 radical (unpaired) electrons. The Morgan fingerprint density at radius 3 is 2.53 bits per heavy atom. The highest BCUT2D eigenvalue weighted by molar-refractivity contribution is 6.00. The number of rotatable bonds is 7. The maximum absolute atomic E-state index is 12.3. The topological polar surface area (TPSA) is 129 Å². The normalized spacial score (nSPS) is 16.6. The highest BCUT2D eigenvalue weighted by Crippen LogP contribution is 2.48. The number of carbonyl (C=O) groups excluding carboxylic acids is 1. The van der Waals surface area contributed by atoms with Gasteiger partial charge in [-0.25, -0.2) is 14.6 Å². The number of piperidine rings is 1. The largest absolute Gasteiger partial charge is 0.383 e. The van der Waals surface area contributed by atoms with E-state index in [1.807, 2.05) is 15.8 Å². The third-order valence-corrected chi connectivity index (χ3v) is 7.72. The highest BCUT2D eigenvalue weighted by Gasteiger charge is 2.35. The molecule has 6 rings (SSSR count). The van der Waals surface area contributed by atoms with Gasteiger partial charge in [-0.15, -0.1) is 0 Å². The van der Waals surface area contributed by atoms with Crippen LogP contribution in [0.2, 0.25) is 0 Å². The number of nitrogen functional groups attached to an aromatic ring is 1. The predicted octanol–water partition coefficient (Wildman–Crippen LogP) is 5.09. The monoisotopic (exact) mass is 514 g/mol. The van der Waals surface area contributed by atoms with Crippen LogP contribution in [0, 0.1) is 0 Å². The number of pyridine rings is 1. The van der Waals surface area contributed by atoms with E-state index in [0.29, 0.717) is 46.5 Å². The molecule has 1 saturated heterocycles. The molecule has 4 aromatic rings. The molecule has 1 aliphatic carbocycles. The van der Waals surface area contributed by atoms with Gasteiger partial charge in [0.05, 0.1) is 16.6 Å². The molecule has 2 fully saturated rings. The summed E-state index contributed by atoms with van der Waals surface area (Å²) in [6.45, 7) is 7.77. The number of amides is 1. The standard InChI is InChI=1S/C28H34N8O2/c1-4-5-21(37)35-12-10-17(11-13-35)19-8-9-20(30-14-19)22-25(34-38-26(22)18-6-7-18)24-23-27(29)31-15-32-28(23)36(33-24)16(2)3/h8-9,14-18H,4-7,10-13H2,1-3H3,(H2,29,31,32). The average molecular weight is 515 g/mol. The molecule has 10 nitrogen and oxygen atoms in total. The SMILES string of the molecule is CCCC(=O)N1CCC(c2ccc(-c3c(-c4nn(C(C)C)c5ncnc(N)c45)noc3C3CC3)nc2)CC1. The molecule has 1 aliphatic heterocycles. The minimum atomic E-state index is 0.0832. The molecule has 38 heavy (non-hydrogen) atoms. The van der Waals surface area contributed by atoms with Crippen LogP contribution in [-0.2, 0) is 4.79 Å². The second kappa shape index (κ2) is 9.81. The molecule has 2 aliphatic rings. The van der Waals surface area contributed by atoms with Crippen molar-refractivity contribution < 1.29 is 9.32 Å². The molecular formula is C28H34N8O2. The quantitative estimate of drug-likeness (QED) is 0.361. The van der Waals surface area contributed by atoms with Crippen molar-refractivity contribution in [3.05, 3.63) is 36.0 Å².